The Morgan fingerprint density at radius 2 is 1.59 bits per heavy atom. The van der Waals surface area contributed by atoms with Crippen LogP contribution in [0.5, 0.6) is 5.75 Å². The maximum atomic E-state index is 12.6. The zero-order valence-corrected chi connectivity index (χ0v) is 15.3. The first-order valence-corrected chi connectivity index (χ1v) is 9.16. The van der Waals surface area contributed by atoms with Crippen LogP contribution in [0.1, 0.15) is 38.2 Å². The van der Waals surface area contributed by atoms with Crippen LogP contribution < -0.4 is 10.1 Å². The number of nitrogens with zero attached hydrogens (tertiary/aromatic N) is 1. The summed E-state index contributed by atoms with van der Waals surface area (Å²) in [6, 6.07) is 16.0. The van der Waals surface area contributed by atoms with Gasteiger partial charge in [-0.15, -0.1) is 0 Å². The summed E-state index contributed by atoms with van der Waals surface area (Å²) in [7, 11) is 0. The van der Waals surface area contributed by atoms with Gasteiger partial charge in [0.25, 0.3) is 0 Å². The molecular formula is C22H22N2O3. The van der Waals surface area contributed by atoms with Crippen LogP contribution in [0.25, 0.3) is 11.1 Å². The number of carbonyl (C=O) groups is 2. The third-order valence-electron chi connectivity index (χ3n) is 4.90. The molecular weight excluding hydrogens is 340 g/mol. The second-order valence-electron chi connectivity index (χ2n) is 6.86. The number of hydrogen-bond donors (Lipinski definition) is 1. The summed E-state index contributed by atoms with van der Waals surface area (Å²) >= 11 is 0. The zero-order valence-electron chi connectivity index (χ0n) is 15.3. The number of nitriles is 1. The van der Waals surface area contributed by atoms with Gasteiger partial charge in [0.2, 0.25) is 5.91 Å². The van der Waals surface area contributed by atoms with E-state index in [-0.39, 0.29) is 11.8 Å². The Balaban J connectivity index is 1.69. The number of carbonyl (C=O) groups excluding carboxylic acids is 2. The molecule has 0 bridgehead atoms. The van der Waals surface area contributed by atoms with E-state index in [0.717, 1.165) is 36.8 Å². The van der Waals surface area contributed by atoms with Gasteiger partial charge < -0.3 is 10.1 Å². The standard InChI is InChI=1S/C22H22N2O3/c1-15(25)24-21(19-4-2-3-5-19)22(26)27-20-12-10-18(11-13-20)17-8-6-16(14-23)7-9-17/h6-13,19,21H,2-5H2,1H3,(H,24,25). The molecule has 0 radical (unpaired) electrons. The molecule has 27 heavy (non-hydrogen) atoms. The van der Waals surface area contributed by atoms with Crippen LogP contribution in [0.15, 0.2) is 48.5 Å². The molecule has 0 aliphatic heterocycles. The molecule has 1 unspecified atom stereocenters. The molecule has 1 aliphatic rings. The second-order valence-corrected chi connectivity index (χ2v) is 6.86. The van der Waals surface area contributed by atoms with Gasteiger partial charge in [-0.3, -0.25) is 4.79 Å². The largest absolute Gasteiger partial charge is 0.425 e. The van der Waals surface area contributed by atoms with E-state index >= 15 is 0 Å². The minimum Gasteiger partial charge on any atom is -0.425 e. The van der Waals surface area contributed by atoms with Crippen molar-refractivity contribution in [1.29, 1.82) is 5.26 Å². The number of hydrogen-bond acceptors (Lipinski definition) is 4. The van der Waals surface area contributed by atoms with E-state index in [1.165, 1.54) is 6.92 Å². The Labute approximate surface area is 159 Å². The summed E-state index contributed by atoms with van der Waals surface area (Å²) in [6.07, 6.45) is 4.01. The van der Waals surface area contributed by atoms with E-state index in [1.54, 1.807) is 24.3 Å². The predicted molar refractivity (Wildman–Crippen MR) is 102 cm³/mol. The molecule has 2 aromatic rings. The summed E-state index contributed by atoms with van der Waals surface area (Å²) < 4.78 is 5.52. The van der Waals surface area contributed by atoms with Crippen molar-refractivity contribution in [2.45, 2.75) is 38.6 Å². The molecule has 1 aliphatic carbocycles. The number of rotatable bonds is 5. The monoisotopic (exact) mass is 362 g/mol. The lowest BCUT2D eigenvalue weighted by Crippen LogP contribution is -2.46. The van der Waals surface area contributed by atoms with Gasteiger partial charge in [0.05, 0.1) is 11.6 Å². The van der Waals surface area contributed by atoms with Gasteiger partial charge >= 0.3 is 5.97 Å². The smallest absolute Gasteiger partial charge is 0.334 e. The first-order chi connectivity index (χ1) is 13.1. The van der Waals surface area contributed by atoms with Crippen LogP contribution in [0.3, 0.4) is 0 Å². The second kappa shape index (κ2) is 8.50. The summed E-state index contributed by atoms with van der Waals surface area (Å²) in [4.78, 5) is 24.1. The van der Waals surface area contributed by atoms with E-state index in [2.05, 4.69) is 11.4 Å². The van der Waals surface area contributed by atoms with Crippen LogP contribution in [0, 0.1) is 17.2 Å². The summed E-state index contributed by atoms with van der Waals surface area (Å²) in [5, 5.41) is 11.6. The number of amides is 1. The predicted octanol–water partition coefficient (Wildman–Crippen LogP) is 3.83. The maximum Gasteiger partial charge on any atom is 0.334 e. The molecule has 0 spiro atoms. The molecule has 5 heteroatoms. The van der Waals surface area contributed by atoms with Crippen molar-refractivity contribution in [3.05, 3.63) is 54.1 Å². The first-order valence-electron chi connectivity index (χ1n) is 9.16. The van der Waals surface area contributed by atoms with Gasteiger partial charge in [-0.25, -0.2) is 4.79 Å². The summed E-state index contributed by atoms with van der Waals surface area (Å²) in [6.45, 7) is 1.42. The molecule has 5 nitrogen and oxygen atoms in total. The van der Waals surface area contributed by atoms with Crippen LogP contribution in [0.4, 0.5) is 0 Å². The van der Waals surface area contributed by atoms with E-state index < -0.39 is 12.0 Å². The quantitative estimate of drug-likeness (QED) is 0.648. The lowest BCUT2D eigenvalue weighted by atomic mass is 9.98. The van der Waals surface area contributed by atoms with Crippen LogP contribution in [0.2, 0.25) is 0 Å². The van der Waals surface area contributed by atoms with Gasteiger partial charge in [0.15, 0.2) is 0 Å². The Morgan fingerprint density at radius 3 is 2.11 bits per heavy atom. The van der Waals surface area contributed by atoms with E-state index in [9.17, 15) is 9.59 Å². The lowest BCUT2D eigenvalue weighted by Gasteiger charge is -2.22. The molecule has 0 aromatic heterocycles. The highest BCUT2D eigenvalue weighted by atomic mass is 16.5. The fourth-order valence-electron chi connectivity index (χ4n) is 3.51. The van der Waals surface area contributed by atoms with E-state index in [0.29, 0.717) is 11.3 Å². The third-order valence-corrected chi connectivity index (χ3v) is 4.90. The average molecular weight is 362 g/mol. The van der Waals surface area contributed by atoms with Gasteiger partial charge in [-0.05, 0) is 54.2 Å². The Morgan fingerprint density at radius 1 is 1.04 bits per heavy atom. The van der Waals surface area contributed by atoms with Gasteiger partial charge in [0, 0.05) is 6.92 Å². The van der Waals surface area contributed by atoms with E-state index in [4.69, 9.17) is 10.00 Å². The SMILES string of the molecule is CC(=O)NC(C(=O)Oc1ccc(-c2ccc(C#N)cc2)cc1)C1CCCC1. The zero-order chi connectivity index (χ0) is 19.2. The summed E-state index contributed by atoms with van der Waals surface area (Å²) in [5.41, 5.74) is 2.56. The number of esters is 1. The molecule has 1 atom stereocenters. The maximum absolute atomic E-state index is 12.6. The summed E-state index contributed by atoms with van der Waals surface area (Å²) in [5.74, 6) is -0.0479. The highest BCUT2D eigenvalue weighted by molar-refractivity contribution is 5.85. The third kappa shape index (κ3) is 4.73. The molecule has 1 fully saturated rings. The fraction of sp³-hybridized carbons (Fsp3) is 0.318. The molecule has 2 aromatic carbocycles. The fourth-order valence-corrected chi connectivity index (χ4v) is 3.51. The number of benzene rings is 2. The highest BCUT2D eigenvalue weighted by Gasteiger charge is 2.32. The van der Waals surface area contributed by atoms with Crippen molar-refractivity contribution in [2.75, 3.05) is 0 Å². The van der Waals surface area contributed by atoms with Gasteiger partial charge in [0.1, 0.15) is 11.8 Å². The number of nitrogens with one attached hydrogen (secondary N) is 1. The van der Waals surface area contributed by atoms with Crippen LogP contribution >= 0.6 is 0 Å². The normalized spacial score (nSPS) is 15.0. The Bertz CT molecular complexity index is 845. The van der Waals surface area contributed by atoms with Crippen molar-refractivity contribution in [1.82, 2.24) is 5.32 Å². The first kappa shape index (κ1) is 18.7. The van der Waals surface area contributed by atoms with Crippen molar-refractivity contribution in [3.8, 4) is 22.9 Å². The van der Waals surface area contributed by atoms with Crippen molar-refractivity contribution in [3.63, 3.8) is 0 Å². The van der Waals surface area contributed by atoms with Crippen molar-refractivity contribution in [2.24, 2.45) is 5.92 Å². The Kier molecular flexibility index (Phi) is 5.87. The van der Waals surface area contributed by atoms with Gasteiger partial charge in [-0.1, -0.05) is 37.1 Å². The molecule has 1 N–H and O–H groups in total. The minimum atomic E-state index is -0.594. The topological polar surface area (TPSA) is 79.2 Å². The molecule has 1 saturated carbocycles. The van der Waals surface area contributed by atoms with Crippen LogP contribution in [-0.4, -0.2) is 17.9 Å². The molecule has 0 heterocycles. The molecule has 138 valence electrons. The molecule has 0 saturated heterocycles. The van der Waals surface area contributed by atoms with Crippen LogP contribution in [-0.2, 0) is 9.59 Å². The highest BCUT2D eigenvalue weighted by Crippen LogP contribution is 2.29. The number of ether oxygens (including phenoxy) is 1. The Hall–Kier alpha value is -3.13. The molecule has 3 rings (SSSR count). The van der Waals surface area contributed by atoms with Crippen molar-refractivity contribution < 1.29 is 14.3 Å². The minimum absolute atomic E-state index is 0.138. The van der Waals surface area contributed by atoms with E-state index in [1.807, 2.05) is 24.3 Å². The van der Waals surface area contributed by atoms with Crippen molar-refractivity contribution >= 4 is 11.9 Å². The average Bonchev–Trinajstić information content (AvgIpc) is 3.21. The molecule has 1 amide bonds. The van der Waals surface area contributed by atoms with Gasteiger partial charge in [-0.2, -0.15) is 5.26 Å². The lowest BCUT2D eigenvalue weighted by molar-refractivity contribution is -0.140.